The number of aromatic nitrogens is 4. The van der Waals surface area contributed by atoms with Crippen molar-refractivity contribution in [1.29, 1.82) is 0 Å². The van der Waals surface area contributed by atoms with Gasteiger partial charge in [0, 0.05) is 37.3 Å². The number of hydrogen-bond acceptors (Lipinski definition) is 8. The molecule has 1 aliphatic rings. The van der Waals surface area contributed by atoms with E-state index in [9.17, 15) is 14.9 Å². The van der Waals surface area contributed by atoms with Gasteiger partial charge >= 0.3 is 0 Å². The molecule has 0 radical (unpaired) electrons. The highest BCUT2D eigenvalue weighted by Gasteiger charge is 2.20. The van der Waals surface area contributed by atoms with E-state index in [1.807, 2.05) is 0 Å². The van der Waals surface area contributed by atoms with Gasteiger partial charge < -0.3 is 10.2 Å². The largest absolute Gasteiger partial charge is 0.356 e. The van der Waals surface area contributed by atoms with Crippen LogP contribution in [0.3, 0.4) is 0 Å². The molecule has 0 aliphatic carbocycles. The summed E-state index contributed by atoms with van der Waals surface area (Å²) in [6, 6.07) is 5.53. The number of nitro benzene ring substituents is 1. The van der Waals surface area contributed by atoms with E-state index in [0.29, 0.717) is 18.7 Å². The van der Waals surface area contributed by atoms with Gasteiger partial charge in [-0.25, -0.2) is 14.6 Å². The summed E-state index contributed by atoms with van der Waals surface area (Å²) in [5.41, 5.74) is 1.09. The second kappa shape index (κ2) is 9.29. The number of anilines is 1. The smallest absolute Gasteiger partial charge is 0.269 e. The number of hydrogen-bond donors (Lipinski definition) is 1. The zero-order valence-corrected chi connectivity index (χ0v) is 18.0. The minimum Gasteiger partial charge on any atom is -0.356 e. The average molecular weight is 442 g/mol. The SMILES string of the molecule is CCSc1nc(N2CCCC2)c2cnn(CCNC(=O)c3ccc([N+](=O)[O-])cc3)c2n1. The molecule has 31 heavy (non-hydrogen) atoms. The third kappa shape index (κ3) is 4.61. The van der Waals surface area contributed by atoms with Gasteiger partial charge in [-0.2, -0.15) is 5.10 Å². The summed E-state index contributed by atoms with van der Waals surface area (Å²) >= 11 is 1.60. The molecule has 1 fully saturated rings. The highest BCUT2D eigenvalue weighted by atomic mass is 32.2. The van der Waals surface area contributed by atoms with Gasteiger partial charge in [0.1, 0.15) is 5.82 Å². The van der Waals surface area contributed by atoms with Crippen molar-refractivity contribution in [2.45, 2.75) is 31.5 Å². The number of thioether (sulfide) groups is 1. The van der Waals surface area contributed by atoms with Gasteiger partial charge in [-0.1, -0.05) is 18.7 Å². The van der Waals surface area contributed by atoms with E-state index in [2.05, 4.69) is 27.2 Å². The Bertz CT molecular complexity index is 1090. The minimum absolute atomic E-state index is 0.0474. The van der Waals surface area contributed by atoms with Gasteiger partial charge in [0.15, 0.2) is 10.8 Å². The monoisotopic (exact) mass is 441 g/mol. The maximum Gasteiger partial charge on any atom is 0.269 e. The van der Waals surface area contributed by atoms with E-state index in [-0.39, 0.29) is 11.6 Å². The summed E-state index contributed by atoms with van der Waals surface area (Å²) in [6.07, 6.45) is 4.11. The molecule has 0 unspecified atom stereocenters. The number of nitrogens with zero attached hydrogens (tertiary/aromatic N) is 6. The molecule has 0 bridgehead atoms. The van der Waals surface area contributed by atoms with Crippen LogP contribution in [0, 0.1) is 10.1 Å². The molecule has 1 aromatic carbocycles. The predicted molar refractivity (Wildman–Crippen MR) is 119 cm³/mol. The molecule has 0 atom stereocenters. The highest BCUT2D eigenvalue weighted by Crippen LogP contribution is 2.29. The van der Waals surface area contributed by atoms with Gasteiger partial charge in [0.2, 0.25) is 0 Å². The van der Waals surface area contributed by atoms with Gasteiger partial charge in [-0.3, -0.25) is 14.9 Å². The quantitative estimate of drug-likeness (QED) is 0.245. The lowest BCUT2D eigenvalue weighted by molar-refractivity contribution is -0.384. The molecule has 10 nitrogen and oxygen atoms in total. The van der Waals surface area contributed by atoms with Crippen molar-refractivity contribution in [3.63, 3.8) is 0 Å². The van der Waals surface area contributed by atoms with Crippen LogP contribution < -0.4 is 10.2 Å². The van der Waals surface area contributed by atoms with Gasteiger partial charge in [-0.05, 0) is 30.7 Å². The van der Waals surface area contributed by atoms with Crippen LogP contribution >= 0.6 is 11.8 Å². The second-order valence-electron chi connectivity index (χ2n) is 7.12. The maximum absolute atomic E-state index is 12.3. The van der Waals surface area contributed by atoms with Crippen LogP contribution in [0.15, 0.2) is 35.6 Å². The number of carbonyl (C=O) groups excluding carboxylic acids is 1. The summed E-state index contributed by atoms with van der Waals surface area (Å²) in [6.45, 7) is 4.84. The van der Waals surface area contributed by atoms with Crippen LogP contribution in [0.2, 0.25) is 0 Å². The van der Waals surface area contributed by atoms with Crippen molar-refractivity contribution < 1.29 is 9.72 Å². The summed E-state index contributed by atoms with van der Waals surface area (Å²) < 4.78 is 1.78. The van der Waals surface area contributed by atoms with Crippen LogP contribution in [0.25, 0.3) is 11.0 Å². The Labute approximate surface area is 183 Å². The Morgan fingerprint density at radius 1 is 1.23 bits per heavy atom. The van der Waals surface area contributed by atoms with E-state index in [0.717, 1.165) is 53.7 Å². The number of non-ortho nitro benzene ring substituents is 1. The zero-order valence-electron chi connectivity index (χ0n) is 17.2. The Morgan fingerprint density at radius 3 is 2.65 bits per heavy atom. The van der Waals surface area contributed by atoms with Crippen molar-refractivity contribution >= 4 is 40.2 Å². The lowest BCUT2D eigenvalue weighted by Crippen LogP contribution is -2.27. The van der Waals surface area contributed by atoms with Crippen molar-refractivity contribution in [1.82, 2.24) is 25.1 Å². The van der Waals surface area contributed by atoms with E-state index < -0.39 is 4.92 Å². The number of rotatable bonds is 8. The molecule has 11 heteroatoms. The first-order chi connectivity index (χ1) is 15.1. The first kappa shape index (κ1) is 21.0. The first-order valence-corrected chi connectivity index (χ1v) is 11.2. The van der Waals surface area contributed by atoms with Gasteiger partial charge in [0.25, 0.3) is 11.6 Å². The molecule has 1 amide bonds. The molecule has 1 saturated heterocycles. The Balaban J connectivity index is 1.48. The van der Waals surface area contributed by atoms with Crippen molar-refractivity contribution in [3.8, 4) is 0 Å². The third-order valence-electron chi connectivity index (χ3n) is 5.08. The molecule has 3 aromatic rings. The molecule has 0 saturated carbocycles. The zero-order chi connectivity index (χ0) is 21.8. The van der Waals surface area contributed by atoms with Crippen LogP contribution in [0.1, 0.15) is 30.1 Å². The molecular weight excluding hydrogens is 418 g/mol. The van der Waals surface area contributed by atoms with E-state index in [4.69, 9.17) is 4.98 Å². The van der Waals surface area contributed by atoms with E-state index in [1.165, 1.54) is 24.3 Å². The molecule has 2 aromatic heterocycles. The summed E-state index contributed by atoms with van der Waals surface area (Å²) in [7, 11) is 0. The Hall–Kier alpha value is -3.21. The molecule has 3 heterocycles. The Morgan fingerprint density at radius 2 is 1.97 bits per heavy atom. The number of nitrogens with one attached hydrogen (secondary N) is 1. The van der Waals surface area contributed by atoms with Crippen LogP contribution in [0.5, 0.6) is 0 Å². The fourth-order valence-corrected chi connectivity index (χ4v) is 4.12. The second-order valence-corrected chi connectivity index (χ2v) is 8.35. The normalized spacial score (nSPS) is 13.6. The lowest BCUT2D eigenvalue weighted by Gasteiger charge is -2.17. The van der Waals surface area contributed by atoms with Crippen LogP contribution in [0.4, 0.5) is 11.5 Å². The van der Waals surface area contributed by atoms with E-state index >= 15 is 0 Å². The van der Waals surface area contributed by atoms with Crippen molar-refractivity contribution in [3.05, 3.63) is 46.1 Å². The number of fused-ring (bicyclic) bond motifs is 1. The molecule has 1 aliphatic heterocycles. The number of carbonyl (C=O) groups is 1. The lowest BCUT2D eigenvalue weighted by atomic mass is 10.2. The summed E-state index contributed by atoms with van der Waals surface area (Å²) in [5.74, 6) is 1.52. The van der Waals surface area contributed by atoms with Crippen molar-refractivity contribution in [2.24, 2.45) is 0 Å². The maximum atomic E-state index is 12.3. The number of nitro groups is 1. The predicted octanol–water partition coefficient (Wildman–Crippen LogP) is 2.88. The minimum atomic E-state index is -0.492. The van der Waals surface area contributed by atoms with Crippen molar-refractivity contribution in [2.75, 3.05) is 30.3 Å². The first-order valence-electron chi connectivity index (χ1n) is 10.2. The summed E-state index contributed by atoms with van der Waals surface area (Å²) in [5, 5.41) is 19.7. The van der Waals surface area contributed by atoms with Crippen LogP contribution in [-0.4, -0.2) is 56.0 Å². The third-order valence-corrected chi connectivity index (χ3v) is 5.81. The number of benzene rings is 1. The molecular formula is C20H23N7O3S. The van der Waals surface area contributed by atoms with Gasteiger partial charge in [-0.15, -0.1) is 0 Å². The average Bonchev–Trinajstić information content (AvgIpc) is 3.44. The summed E-state index contributed by atoms with van der Waals surface area (Å²) in [4.78, 5) is 34.3. The fourth-order valence-electron chi connectivity index (χ4n) is 3.56. The molecule has 0 spiro atoms. The fraction of sp³-hybridized carbons (Fsp3) is 0.400. The molecule has 1 N–H and O–H groups in total. The highest BCUT2D eigenvalue weighted by molar-refractivity contribution is 7.99. The number of amides is 1. The topological polar surface area (TPSA) is 119 Å². The molecule has 4 rings (SSSR count). The van der Waals surface area contributed by atoms with Crippen LogP contribution in [-0.2, 0) is 6.54 Å². The Kier molecular flexibility index (Phi) is 6.31. The van der Waals surface area contributed by atoms with Gasteiger partial charge in [0.05, 0.1) is 23.1 Å². The molecule has 162 valence electrons. The van der Waals surface area contributed by atoms with E-state index in [1.54, 1.807) is 22.6 Å². The standard InChI is InChI=1S/C20H23N7O3S/c1-2-31-20-23-17(25-10-3-4-11-25)16-13-22-26(18(16)24-20)12-9-21-19(28)14-5-7-15(8-6-14)27(29)30/h5-8,13H,2-4,9-12H2,1H3,(H,21,28).